The van der Waals surface area contributed by atoms with Crippen LogP contribution in [0.5, 0.6) is 0 Å². The first-order valence-electron chi connectivity index (χ1n) is 9.12. The summed E-state index contributed by atoms with van der Waals surface area (Å²) >= 11 is 0. The molecule has 0 atom stereocenters. The van der Waals surface area contributed by atoms with Crippen LogP contribution in [0, 0.1) is 0 Å². The number of rotatable bonds is 5. The van der Waals surface area contributed by atoms with E-state index in [1.54, 1.807) is 0 Å². The number of hydrogen-bond acceptors (Lipinski definition) is 2. The summed E-state index contributed by atoms with van der Waals surface area (Å²) in [7, 11) is 2.11. The molecule has 4 aromatic rings. The normalized spacial score (nSPS) is 10.4. The molecule has 4 rings (SSSR count). The fourth-order valence-corrected chi connectivity index (χ4v) is 3.31. The van der Waals surface area contributed by atoms with E-state index in [0.29, 0.717) is 0 Å². The quantitative estimate of drug-likeness (QED) is 0.385. The minimum Gasteiger partial charge on any atom is -0.343 e. The average Bonchev–Trinajstić information content (AvgIpc) is 2.76. The summed E-state index contributed by atoms with van der Waals surface area (Å²) in [4.78, 5) is 4.53. The predicted molar refractivity (Wildman–Crippen MR) is 116 cm³/mol. The first-order valence-corrected chi connectivity index (χ1v) is 9.12. The zero-order valence-corrected chi connectivity index (χ0v) is 15.4. The van der Waals surface area contributed by atoms with Crippen molar-refractivity contribution in [3.05, 3.63) is 115 Å². The largest absolute Gasteiger partial charge is 0.343 e. The van der Waals surface area contributed by atoms with Crippen molar-refractivity contribution in [1.29, 1.82) is 0 Å². The third-order valence-corrected chi connectivity index (χ3v) is 4.66. The van der Waals surface area contributed by atoms with Gasteiger partial charge < -0.3 is 9.80 Å². The maximum Gasteiger partial charge on any atom is 0.0698 e. The summed E-state index contributed by atoms with van der Waals surface area (Å²) in [6, 6.07) is 40.0. The standard InChI is InChI=1S/C25H22N2/c1-26(21-13-5-2-6-14-21)24-19-11-12-20-25(24)27(22-15-7-3-8-16-22)23-17-9-4-10-18-23/h2-20H,1H3. The molecule has 2 nitrogen and oxygen atoms in total. The molecule has 0 aliphatic rings. The number of anilines is 5. The molecule has 0 aromatic heterocycles. The molecule has 132 valence electrons. The van der Waals surface area contributed by atoms with Crippen molar-refractivity contribution in [1.82, 2.24) is 0 Å². The van der Waals surface area contributed by atoms with E-state index in [2.05, 4.69) is 126 Å². The molecule has 0 aliphatic carbocycles. The van der Waals surface area contributed by atoms with Gasteiger partial charge in [-0.25, -0.2) is 0 Å². The molecule has 0 aliphatic heterocycles. The van der Waals surface area contributed by atoms with Gasteiger partial charge >= 0.3 is 0 Å². The van der Waals surface area contributed by atoms with Gasteiger partial charge in [-0.2, -0.15) is 0 Å². The van der Waals surface area contributed by atoms with Crippen LogP contribution >= 0.6 is 0 Å². The van der Waals surface area contributed by atoms with Gasteiger partial charge in [-0.1, -0.05) is 66.7 Å². The highest BCUT2D eigenvalue weighted by molar-refractivity contribution is 5.87. The van der Waals surface area contributed by atoms with Crippen molar-refractivity contribution in [3.8, 4) is 0 Å². The molecular formula is C25H22N2. The van der Waals surface area contributed by atoms with Crippen LogP contribution < -0.4 is 9.80 Å². The zero-order valence-electron chi connectivity index (χ0n) is 15.4. The number of benzene rings is 4. The Morgan fingerprint density at radius 3 is 1.26 bits per heavy atom. The summed E-state index contributed by atoms with van der Waals surface area (Å²) in [6.45, 7) is 0. The topological polar surface area (TPSA) is 6.48 Å². The van der Waals surface area contributed by atoms with Gasteiger partial charge in [0.2, 0.25) is 0 Å². The van der Waals surface area contributed by atoms with Crippen molar-refractivity contribution in [3.63, 3.8) is 0 Å². The van der Waals surface area contributed by atoms with Gasteiger partial charge in [0.1, 0.15) is 0 Å². The lowest BCUT2D eigenvalue weighted by atomic mass is 10.1. The lowest BCUT2D eigenvalue weighted by Gasteiger charge is -2.31. The Bertz CT molecular complexity index is 943. The summed E-state index contributed by atoms with van der Waals surface area (Å²) in [5.74, 6) is 0. The highest BCUT2D eigenvalue weighted by Gasteiger charge is 2.17. The van der Waals surface area contributed by atoms with Gasteiger partial charge in [0.25, 0.3) is 0 Å². The molecule has 0 heterocycles. The van der Waals surface area contributed by atoms with Crippen LogP contribution in [0.2, 0.25) is 0 Å². The second-order valence-electron chi connectivity index (χ2n) is 6.39. The number of hydrogen-bond donors (Lipinski definition) is 0. The average molecular weight is 350 g/mol. The Kier molecular flexibility index (Phi) is 4.88. The maximum absolute atomic E-state index is 2.30. The third kappa shape index (κ3) is 3.56. The van der Waals surface area contributed by atoms with Crippen LogP contribution in [0.15, 0.2) is 115 Å². The second kappa shape index (κ2) is 7.79. The van der Waals surface area contributed by atoms with Crippen LogP contribution in [-0.4, -0.2) is 7.05 Å². The van der Waals surface area contributed by atoms with Gasteiger partial charge in [-0.3, -0.25) is 0 Å². The monoisotopic (exact) mass is 350 g/mol. The van der Waals surface area contributed by atoms with Crippen molar-refractivity contribution >= 4 is 28.4 Å². The van der Waals surface area contributed by atoms with Crippen molar-refractivity contribution in [2.75, 3.05) is 16.8 Å². The number of para-hydroxylation sites is 5. The molecule has 0 fully saturated rings. The molecule has 27 heavy (non-hydrogen) atoms. The van der Waals surface area contributed by atoms with Crippen molar-refractivity contribution < 1.29 is 0 Å². The van der Waals surface area contributed by atoms with Crippen LogP contribution in [-0.2, 0) is 0 Å². The van der Waals surface area contributed by atoms with E-state index in [9.17, 15) is 0 Å². The van der Waals surface area contributed by atoms with Gasteiger partial charge in [0.05, 0.1) is 11.4 Å². The lowest BCUT2D eigenvalue weighted by Crippen LogP contribution is -2.16. The van der Waals surface area contributed by atoms with Crippen molar-refractivity contribution in [2.45, 2.75) is 0 Å². The van der Waals surface area contributed by atoms with Gasteiger partial charge in [-0.05, 0) is 48.5 Å². The highest BCUT2D eigenvalue weighted by atomic mass is 15.2. The Hall–Kier alpha value is -3.52. The van der Waals surface area contributed by atoms with Crippen LogP contribution in [0.1, 0.15) is 0 Å². The minimum atomic E-state index is 1.14. The minimum absolute atomic E-state index is 1.14. The molecule has 0 radical (unpaired) electrons. The molecule has 0 spiro atoms. The van der Waals surface area contributed by atoms with Crippen molar-refractivity contribution in [2.24, 2.45) is 0 Å². The van der Waals surface area contributed by atoms with E-state index >= 15 is 0 Å². The Morgan fingerprint density at radius 1 is 0.407 bits per heavy atom. The van der Waals surface area contributed by atoms with Gasteiger partial charge in [0.15, 0.2) is 0 Å². The van der Waals surface area contributed by atoms with Gasteiger partial charge in [-0.15, -0.1) is 0 Å². The van der Waals surface area contributed by atoms with Crippen LogP contribution in [0.4, 0.5) is 28.4 Å². The predicted octanol–water partition coefficient (Wildman–Crippen LogP) is 6.92. The fraction of sp³-hybridized carbons (Fsp3) is 0.0400. The lowest BCUT2D eigenvalue weighted by molar-refractivity contribution is 1.18. The van der Waals surface area contributed by atoms with Gasteiger partial charge in [0, 0.05) is 24.1 Å². The molecule has 4 aromatic carbocycles. The Morgan fingerprint density at radius 2 is 0.778 bits per heavy atom. The SMILES string of the molecule is CN(c1ccccc1)c1ccccc1N(c1ccccc1)c1ccccc1. The fourth-order valence-electron chi connectivity index (χ4n) is 3.31. The van der Waals surface area contributed by atoms with E-state index in [4.69, 9.17) is 0 Å². The van der Waals surface area contributed by atoms with E-state index in [-0.39, 0.29) is 0 Å². The smallest absolute Gasteiger partial charge is 0.0698 e. The second-order valence-corrected chi connectivity index (χ2v) is 6.39. The molecule has 0 saturated carbocycles. The summed E-state index contributed by atoms with van der Waals surface area (Å²) < 4.78 is 0. The van der Waals surface area contributed by atoms with E-state index < -0.39 is 0 Å². The zero-order chi connectivity index (χ0) is 18.5. The summed E-state index contributed by atoms with van der Waals surface area (Å²) in [5, 5.41) is 0. The molecule has 0 saturated heterocycles. The summed E-state index contributed by atoms with van der Waals surface area (Å²) in [6.07, 6.45) is 0. The molecule has 0 unspecified atom stereocenters. The molecule has 2 heteroatoms. The summed E-state index contributed by atoms with van der Waals surface area (Å²) in [5.41, 5.74) is 5.72. The Labute approximate surface area is 160 Å². The molecule has 0 amide bonds. The first kappa shape index (κ1) is 16.9. The maximum atomic E-state index is 2.30. The highest BCUT2D eigenvalue weighted by Crippen LogP contribution is 2.41. The van der Waals surface area contributed by atoms with E-state index in [1.807, 2.05) is 6.07 Å². The van der Waals surface area contributed by atoms with Crippen LogP contribution in [0.3, 0.4) is 0 Å². The molecular weight excluding hydrogens is 328 g/mol. The molecule has 0 bridgehead atoms. The first-order chi connectivity index (χ1) is 13.3. The Balaban J connectivity index is 1.87. The van der Waals surface area contributed by atoms with Crippen LogP contribution in [0.25, 0.3) is 0 Å². The number of nitrogens with zero attached hydrogens (tertiary/aromatic N) is 2. The third-order valence-electron chi connectivity index (χ3n) is 4.66. The molecule has 0 N–H and O–H groups in total. The van der Waals surface area contributed by atoms with E-state index in [0.717, 1.165) is 28.4 Å². The van der Waals surface area contributed by atoms with E-state index in [1.165, 1.54) is 0 Å².